The first kappa shape index (κ1) is 18.8. The number of benzene rings is 2. The van der Waals surface area contributed by atoms with E-state index in [2.05, 4.69) is 15.5 Å². The highest BCUT2D eigenvalue weighted by Crippen LogP contribution is 2.21. The summed E-state index contributed by atoms with van der Waals surface area (Å²) in [4.78, 5) is 11.9. The Morgan fingerprint density at radius 2 is 2.04 bits per heavy atom. The summed E-state index contributed by atoms with van der Waals surface area (Å²) >= 11 is 1.14. The van der Waals surface area contributed by atoms with Gasteiger partial charge in [-0.15, -0.1) is 10.2 Å². The number of hydrogen-bond donors (Lipinski definition) is 1. The molecule has 0 saturated carbocycles. The standard InChI is InChI=1S/C18H16F2N4O2S/c19-13-4-3-5-14(10-13)26-9-8-21-17(25)11-27-18-23-22-12-24(18)16-7-2-1-6-15(16)20/h1-7,10,12H,8-9,11H2,(H,21,25). The van der Waals surface area contributed by atoms with Gasteiger partial charge < -0.3 is 10.1 Å². The van der Waals surface area contributed by atoms with Crippen molar-refractivity contribution in [2.45, 2.75) is 5.16 Å². The van der Waals surface area contributed by atoms with Crippen molar-refractivity contribution in [2.75, 3.05) is 18.9 Å². The summed E-state index contributed by atoms with van der Waals surface area (Å²) in [6.07, 6.45) is 1.39. The van der Waals surface area contributed by atoms with Crippen molar-refractivity contribution in [1.29, 1.82) is 0 Å². The maximum Gasteiger partial charge on any atom is 0.230 e. The molecule has 0 fully saturated rings. The van der Waals surface area contributed by atoms with Gasteiger partial charge in [0.25, 0.3) is 0 Å². The summed E-state index contributed by atoms with van der Waals surface area (Å²) < 4.78 is 33.8. The molecular formula is C18H16F2N4O2S. The van der Waals surface area contributed by atoms with Crippen molar-refractivity contribution < 1.29 is 18.3 Å². The van der Waals surface area contributed by atoms with Gasteiger partial charge in [0.1, 0.15) is 30.3 Å². The summed E-state index contributed by atoms with van der Waals surface area (Å²) in [6.45, 7) is 0.487. The summed E-state index contributed by atoms with van der Waals surface area (Å²) in [6, 6.07) is 12.0. The summed E-state index contributed by atoms with van der Waals surface area (Å²) in [5.41, 5.74) is 0.314. The highest BCUT2D eigenvalue weighted by molar-refractivity contribution is 7.99. The Balaban J connectivity index is 1.45. The molecule has 6 nitrogen and oxygen atoms in total. The van der Waals surface area contributed by atoms with Gasteiger partial charge in [-0.25, -0.2) is 8.78 Å². The fourth-order valence-electron chi connectivity index (χ4n) is 2.23. The van der Waals surface area contributed by atoms with Crippen LogP contribution in [0.2, 0.25) is 0 Å². The maximum atomic E-state index is 13.9. The lowest BCUT2D eigenvalue weighted by molar-refractivity contribution is -0.118. The normalized spacial score (nSPS) is 10.6. The Kier molecular flexibility index (Phi) is 6.37. The second kappa shape index (κ2) is 9.13. The molecule has 0 aliphatic carbocycles. The highest BCUT2D eigenvalue weighted by atomic mass is 32.2. The number of thioether (sulfide) groups is 1. The summed E-state index contributed by atoms with van der Waals surface area (Å²) in [5.74, 6) is -0.528. The average Bonchev–Trinajstić information content (AvgIpc) is 3.12. The number of amides is 1. The van der Waals surface area contributed by atoms with Crippen LogP contribution in [0.5, 0.6) is 5.75 Å². The number of ether oxygens (including phenoxy) is 1. The van der Waals surface area contributed by atoms with E-state index in [1.165, 1.54) is 29.1 Å². The molecular weight excluding hydrogens is 374 g/mol. The first-order chi connectivity index (χ1) is 13.1. The van der Waals surface area contributed by atoms with Crippen LogP contribution in [0, 0.1) is 11.6 Å². The van der Waals surface area contributed by atoms with E-state index in [0.717, 1.165) is 11.8 Å². The minimum absolute atomic E-state index is 0.0904. The maximum absolute atomic E-state index is 13.9. The molecule has 0 saturated heterocycles. The molecule has 0 spiro atoms. The van der Waals surface area contributed by atoms with Gasteiger partial charge in [0.05, 0.1) is 18.0 Å². The van der Waals surface area contributed by atoms with E-state index in [4.69, 9.17) is 4.74 Å². The number of nitrogens with zero attached hydrogens (tertiary/aromatic N) is 3. The summed E-state index contributed by atoms with van der Waals surface area (Å²) in [7, 11) is 0. The molecule has 140 valence electrons. The van der Waals surface area contributed by atoms with Crippen LogP contribution < -0.4 is 10.1 Å². The van der Waals surface area contributed by atoms with Crippen molar-refractivity contribution in [3.05, 3.63) is 66.5 Å². The SMILES string of the molecule is O=C(CSc1nncn1-c1ccccc1F)NCCOc1cccc(F)c1. The number of carbonyl (C=O) groups excluding carboxylic acids is 1. The second-order valence-electron chi connectivity index (χ2n) is 5.38. The third-order valence-electron chi connectivity index (χ3n) is 3.45. The lowest BCUT2D eigenvalue weighted by Gasteiger charge is -2.09. The minimum atomic E-state index is -0.405. The van der Waals surface area contributed by atoms with Crippen LogP contribution >= 0.6 is 11.8 Å². The first-order valence-electron chi connectivity index (χ1n) is 8.06. The largest absolute Gasteiger partial charge is 0.492 e. The smallest absolute Gasteiger partial charge is 0.230 e. The molecule has 0 atom stereocenters. The molecule has 1 amide bonds. The van der Waals surface area contributed by atoms with Crippen molar-refractivity contribution in [3.63, 3.8) is 0 Å². The van der Waals surface area contributed by atoms with Gasteiger partial charge in [0.2, 0.25) is 5.91 Å². The van der Waals surface area contributed by atoms with E-state index in [-0.39, 0.29) is 30.6 Å². The zero-order chi connectivity index (χ0) is 19.1. The molecule has 0 aliphatic heterocycles. The Hall–Kier alpha value is -2.94. The molecule has 27 heavy (non-hydrogen) atoms. The first-order valence-corrected chi connectivity index (χ1v) is 9.05. The van der Waals surface area contributed by atoms with Crippen LogP contribution in [0.4, 0.5) is 8.78 Å². The molecule has 1 N–H and O–H groups in total. The molecule has 0 bridgehead atoms. The predicted octanol–water partition coefficient (Wildman–Crippen LogP) is 2.83. The quantitative estimate of drug-likeness (QED) is 0.473. The Morgan fingerprint density at radius 3 is 2.85 bits per heavy atom. The number of para-hydroxylation sites is 1. The van der Waals surface area contributed by atoms with E-state index < -0.39 is 5.82 Å². The van der Waals surface area contributed by atoms with Crippen LogP contribution in [-0.2, 0) is 4.79 Å². The van der Waals surface area contributed by atoms with E-state index in [0.29, 0.717) is 16.6 Å². The molecule has 1 heterocycles. The zero-order valence-electron chi connectivity index (χ0n) is 14.1. The van der Waals surface area contributed by atoms with Crippen LogP contribution in [-0.4, -0.2) is 39.6 Å². The van der Waals surface area contributed by atoms with E-state index in [1.54, 1.807) is 30.3 Å². The second-order valence-corrected chi connectivity index (χ2v) is 6.32. The van der Waals surface area contributed by atoms with Gasteiger partial charge in [0.15, 0.2) is 5.16 Å². The van der Waals surface area contributed by atoms with Gasteiger partial charge in [-0.2, -0.15) is 0 Å². The van der Waals surface area contributed by atoms with Gasteiger partial charge >= 0.3 is 0 Å². The Labute approximate surface area is 158 Å². The number of rotatable bonds is 8. The highest BCUT2D eigenvalue weighted by Gasteiger charge is 2.12. The van der Waals surface area contributed by atoms with Crippen molar-refractivity contribution in [1.82, 2.24) is 20.1 Å². The van der Waals surface area contributed by atoms with E-state index in [9.17, 15) is 13.6 Å². The molecule has 1 aromatic heterocycles. The number of aromatic nitrogens is 3. The third kappa shape index (κ3) is 5.27. The van der Waals surface area contributed by atoms with Crippen molar-refractivity contribution in [3.8, 4) is 11.4 Å². The minimum Gasteiger partial charge on any atom is -0.492 e. The van der Waals surface area contributed by atoms with Crippen LogP contribution in [0.3, 0.4) is 0 Å². The average molecular weight is 390 g/mol. The van der Waals surface area contributed by atoms with Crippen molar-refractivity contribution in [2.24, 2.45) is 0 Å². The van der Waals surface area contributed by atoms with E-state index >= 15 is 0 Å². The number of carbonyl (C=O) groups is 1. The molecule has 9 heteroatoms. The van der Waals surface area contributed by atoms with Gasteiger partial charge in [-0.1, -0.05) is 30.0 Å². The third-order valence-corrected chi connectivity index (χ3v) is 4.39. The Bertz CT molecular complexity index is 920. The predicted molar refractivity (Wildman–Crippen MR) is 96.9 cm³/mol. The molecule has 2 aromatic carbocycles. The molecule has 0 radical (unpaired) electrons. The van der Waals surface area contributed by atoms with Crippen molar-refractivity contribution >= 4 is 17.7 Å². The Morgan fingerprint density at radius 1 is 1.19 bits per heavy atom. The zero-order valence-corrected chi connectivity index (χ0v) is 15.0. The van der Waals surface area contributed by atoms with Gasteiger partial charge in [-0.05, 0) is 24.3 Å². The molecule has 0 aliphatic rings. The topological polar surface area (TPSA) is 69.0 Å². The molecule has 3 rings (SSSR count). The molecule has 0 unspecified atom stereocenters. The van der Waals surface area contributed by atoms with Crippen LogP contribution in [0.1, 0.15) is 0 Å². The lowest BCUT2D eigenvalue weighted by atomic mass is 10.3. The van der Waals surface area contributed by atoms with Gasteiger partial charge in [0, 0.05) is 6.07 Å². The van der Waals surface area contributed by atoms with Crippen LogP contribution in [0.25, 0.3) is 5.69 Å². The lowest BCUT2D eigenvalue weighted by Crippen LogP contribution is -2.29. The number of nitrogens with one attached hydrogen (secondary N) is 1. The fraction of sp³-hybridized carbons (Fsp3) is 0.167. The number of hydrogen-bond acceptors (Lipinski definition) is 5. The van der Waals surface area contributed by atoms with Gasteiger partial charge in [-0.3, -0.25) is 9.36 Å². The van der Waals surface area contributed by atoms with E-state index in [1.807, 2.05) is 0 Å². The number of halogens is 2. The fourth-order valence-corrected chi connectivity index (χ4v) is 2.98. The monoisotopic (exact) mass is 390 g/mol. The summed E-state index contributed by atoms with van der Waals surface area (Å²) in [5, 5.41) is 10.8. The van der Waals surface area contributed by atoms with Crippen LogP contribution in [0.15, 0.2) is 60.0 Å². The molecule has 3 aromatic rings.